The minimum absolute atomic E-state index is 0.0673. The second-order valence-electron chi connectivity index (χ2n) is 7.60. The molecule has 0 radical (unpaired) electrons. The Morgan fingerprint density at radius 1 is 1.22 bits per heavy atom. The predicted octanol–water partition coefficient (Wildman–Crippen LogP) is 4.49. The van der Waals surface area contributed by atoms with Crippen LogP contribution in [-0.2, 0) is 14.3 Å². The van der Waals surface area contributed by atoms with Crippen molar-refractivity contribution in [2.24, 2.45) is 5.92 Å². The van der Waals surface area contributed by atoms with Gasteiger partial charge in [0, 0.05) is 11.5 Å². The largest absolute Gasteiger partial charge is 0.454 e. The molecule has 0 saturated carbocycles. The molecule has 1 aliphatic carbocycles. The number of ether oxygens (including phenoxy) is 2. The van der Waals surface area contributed by atoms with E-state index in [9.17, 15) is 4.79 Å². The second-order valence-corrected chi connectivity index (χ2v) is 7.60. The van der Waals surface area contributed by atoms with Crippen molar-refractivity contribution in [3.05, 3.63) is 35.5 Å². The lowest BCUT2D eigenvalue weighted by atomic mass is 9.88. The molecule has 3 heteroatoms. The summed E-state index contributed by atoms with van der Waals surface area (Å²) >= 11 is 0. The number of hydrogen-bond acceptors (Lipinski definition) is 3. The van der Waals surface area contributed by atoms with Gasteiger partial charge < -0.3 is 9.47 Å². The highest BCUT2D eigenvalue weighted by atomic mass is 16.6. The van der Waals surface area contributed by atoms with Crippen LogP contribution in [0.5, 0.6) is 0 Å². The zero-order valence-corrected chi connectivity index (χ0v) is 14.6. The third kappa shape index (κ3) is 3.60. The standard InChI is InChI=1S/C20H28O3/c1-13-6-5-11-20(4)18(23-20)10-8-14(2)12-17-16(9-7-13)15(3)19(21)22-17/h6,12,16-18H,3,5,7-11H2,1-2,4H3. The van der Waals surface area contributed by atoms with Crippen LogP contribution in [0, 0.1) is 5.92 Å². The van der Waals surface area contributed by atoms with E-state index in [1.54, 1.807) is 0 Å². The van der Waals surface area contributed by atoms with E-state index in [1.807, 2.05) is 0 Å². The first kappa shape index (κ1) is 16.5. The number of allylic oxidation sites excluding steroid dienone is 3. The molecular weight excluding hydrogens is 288 g/mol. The minimum Gasteiger partial charge on any atom is -0.454 e. The van der Waals surface area contributed by atoms with E-state index >= 15 is 0 Å². The van der Waals surface area contributed by atoms with Crippen LogP contribution in [0.3, 0.4) is 0 Å². The number of fused-ring (bicyclic) bond motifs is 2. The number of epoxide rings is 1. The van der Waals surface area contributed by atoms with Crippen molar-refractivity contribution in [3.8, 4) is 0 Å². The van der Waals surface area contributed by atoms with E-state index in [-0.39, 0.29) is 23.6 Å². The maximum absolute atomic E-state index is 11.9. The number of carbonyl (C=O) groups is 1. The van der Waals surface area contributed by atoms with Gasteiger partial charge in [0.2, 0.25) is 0 Å². The first-order valence-electron chi connectivity index (χ1n) is 8.79. The number of esters is 1. The summed E-state index contributed by atoms with van der Waals surface area (Å²) in [5.74, 6) is -0.112. The SMILES string of the molecule is C=C1C(=O)OC2C=C(C)CCC3OC3(C)CCC=C(C)CCC12. The third-order valence-electron chi connectivity index (χ3n) is 5.62. The van der Waals surface area contributed by atoms with Crippen LogP contribution in [0.25, 0.3) is 0 Å². The average molecular weight is 316 g/mol. The van der Waals surface area contributed by atoms with Crippen LogP contribution in [0.2, 0.25) is 0 Å². The van der Waals surface area contributed by atoms with Gasteiger partial charge in [0.1, 0.15) is 6.10 Å². The Morgan fingerprint density at radius 2 is 1.96 bits per heavy atom. The molecule has 0 spiro atoms. The Morgan fingerprint density at radius 3 is 2.74 bits per heavy atom. The van der Waals surface area contributed by atoms with Crippen molar-refractivity contribution in [2.45, 2.75) is 77.1 Å². The summed E-state index contributed by atoms with van der Waals surface area (Å²) in [5.41, 5.74) is 3.37. The van der Waals surface area contributed by atoms with E-state index in [4.69, 9.17) is 9.47 Å². The molecule has 2 fully saturated rings. The molecule has 4 unspecified atom stereocenters. The quantitative estimate of drug-likeness (QED) is 0.286. The summed E-state index contributed by atoms with van der Waals surface area (Å²) < 4.78 is 11.5. The van der Waals surface area contributed by atoms with E-state index in [0.29, 0.717) is 11.7 Å². The lowest BCUT2D eigenvalue weighted by Crippen LogP contribution is -2.15. The molecule has 0 aromatic heterocycles. The zero-order chi connectivity index (χ0) is 16.6. The zero-order valence-electron chi connectivity index (χ0n) is 14.6. The predicted molar refractivity (Wildman–Crippen MR) is 91.0 cm³/mol. The Bertz CT molecular complexity index is 571. The van der Waals surface area contributed by atoms with Gasteiger partial charge in [0.25, 0.3) is 0 Å². The summed E-state index contributed by atoms with van der Waals surface area (Å²) in [6.07, 6.45) is 10.8. The first-order chi connectivity index (χ1) is 10.9. The lowest BCUT2D eigenvalue weighted by Gasteiger charge is -2.16. The molecule has 0 aromatic carbocycles. The fourth-order valence-corrected chi connectivity index (χ4v) is 3.81. The van der Waals surface area contributed by atoms with E-state index in [2.05, 4.69) is 39.5 Å². The normalized spacial score (nSPS) is 38.7. The first-order valence-corrected chi connectivity index (χ1v) is 8.79. The molecule has 2 saturated heterocycles. The van der Waals surface area contributed by atoms with Crippen molar-refractivity contribution in [3.63, 3.8) is 0 Å². The van der Waals surface area contributed by atoms with Gasteiger partial charge >= 0.3 is 5.97 Å². The molecule has 23 heavy (non-hydrogen) atoms. The second kappa shape index (κ2) is 6.27. The van der Waals surface area contributed by atoms with Gasteiger partial charge in [-0.05, 0) is 65.4 Å². The van der Waals surface area contributed by atoms with Gasteiger partial charge in [0.15, 0.2) is 0 Å². The Balaban J connectivity index is 1.77. The summed E-state index contributed by atoms with van der Waals surface area (Å²) in [7, 11) is 0. The lowest BCUT2D eigenvalue weighted by molar-refractivity contribution is -0.137. The molecule has 0 amide bonds. The molecule has 3 aliphatic rings. The Hall–Kier alpha value is -1.35. The topological polar surface area (TPSA) is 38.8 Å². The molecule has 126 valence electrons. The minimum atomic E-state index is -0.229. The highest BCUT2D eigenvalue weighted by Gasteiger charge is 2.50. The molecule has 3 rings (SSSR count). The third-order valence-corrected chi connectivity index (χ3v) is 5.62. The van der Waals surface area contributed by atoms with Crippen LogP contribution in [0.4, 0.5) is 0 Å². The Labute approximate surface area is 139 Å². The summed E-state index contributed by atoms with van der Waals surface area (Å²) in [6, 6.07) is 0. The van der Waals surface area contributed by atoms with Gasteiger partial charge in [-0.3, -0.25) is 0 Å². The van der Waals surface area contributed by atoms with Crippen LogP contribution in [-0.4, -0.2) is 23.8 Å². The number of carbonyl (C=O) groups excluding carboxylic acids is 1. The molecule has 0 N–H and O–H groups in total. The summed E-state index contributed by atoms with van der Waals surface area (Å²) in [5, 5.41) is 0. The van der Waals surface area contributed by atoms with Crippen LogP contribution in [0.1, 0.15) is 59.3 Å². The molecule has 0 bridgehead atoms. The van der Waals surface area contributed by atoms with E-state index < -0.39 is 0 Å². The molecule has 4 atom stereocenters. The monoisotopic (exact) mass is 316 g/mol. The fraction of sp³-hybridized carbons (Fsp3) is 0.650. The highest BCUT2D eigenvalue weighted by Crippen LogP contribution is 2.44. The average Bonchev–Trinajstić information content (AvgIpc) is 3.06. The van der Waals surface area contributed by atoms with Crippen molar-refractivity contribution < 1.29 is 14.3 Å². The summed E-state index contributed by atoms with van der Waals surface area (Å²) in [6.45, 7) is 10.5. The van der Waals surface area contributed by atoms with E-state index in [1.165, 1.54) is 11.1 Å². The molecular formula is C20H28O3. The van der Waals surface area contributed by atoms with Crippen LogP contribution < -0.4 is 0 Å². The van der Waals surface area contributed by atoms with Crippen LogP contribution in [0.15, 0.2) is 35.5 Å². The van der Waals surface area contributed by atoms with Crippen molar-refractivity contribution in [1.82, 2.24) is 0 Å². The van der Waals surface area contributed by atoms with Crippen LogP contribution >= 0.6 is 0 Å². The van der Waals surface area contributed by atoms with Gasteiger partial charge in [-0.25, -0.2) is 4.79 Å². The van der Waals surface area contributed by atoms with Crippen molar-refractivity contribution in [1.29, 1.82) is 0 Å². The van der Waals surface area contributed by atoms with Crippen molar-refractivity contribution in [2.75, 3.05) is 0 Å². The number of hydrogen-bond donors (Lipinski definition) is 0. The summed E-state index contributed by atoms with van der Waals surface area (Å²) in [4.78, 5) is 11.9. The maximum atomic E-state index is 11.9. The van der Waals surface area contributed by atoms with Gasteiger partial charge in [-0.1, -0.05) is 23.8 Å². The fourth-order valence-electron chi connectivity index (χ4n) is 3.81. The molecule has 0 aromatic rings. The Kier molecular flexibility index (Phi) is 4.50. The number of rotatable bonds is 0. The molecule has 2 heterocycles. The maximum Gasteiger partial charge on any atom is 0.334 e. The van der Waals surface area contributed by atoms with Gasteiger partial charge in [-0.15, -0.1) is 0 Å². The van der Waals surface area contributed by atoms with Gasteiger partial charge in [0.05, 0.1) is 11.7 Å². The highest BCUT2D eigenvalue weighted by molar-refractivity contribution is 5.91. The smallest absolute Gasteiger partial charge is 0.334 e. The molecule has 2 aliphatic heterocycles. The van der Waals surface area contributed by atoms with Gasteiger partial charge in [-0.2, -0.15) is 0 Å². The molecule has 3 nitrogen and oxygen atoms in total. The van der Waals surface area contributed by atoms with E-state index in [0.717, 1.165) is 38.5 Å². The van der Waals surface area contributed by atoms with Crippen molar-refractivity contribution >= 4 is 5.97 Å².